The molecule has 8 heavy (non-hydrogen) atoms. The van der Waals surface area contributed by atoms with Gasteiger partial charge in [0.2, 0.25) is 6.29 Å². The summed E-state index contributed by atoms with van der Waals surface area (Å²) in [6, 6.07) is 0. The molecule has 0 bridgehead atoms. The number of hydrogen-bond acceptors (Lipinski definition) is 2. The molecule has 0 rings (SSSR count). The van der Waals surface area contributed by atoms with E-state index in [0.717, 1.165) is 0 Å². The summed E-state index contributed by atoms with van der Waals surface area (Å²) in [5.41, 5.74) is 0. The fraction of sp³-hybridized carbons (Fsp3) is 0.600. The molecule has 1 unspecified atom stereocenters. The molecule has 0 aliphatic rings. The molecule has 0 amide bonds. The van der Waals surface area contributed by atoms with E-state index in [1.54, 1.807) is 6.92 Å². The lowest BCUT2D eigenvalue weighted by molar-refractivity contribution is -0.117. The Hall–Kier alpha value is -0.180. The van der Waals surface area contributed by atoms with Crippen LogP contribution in [0, 0.1) is 0 Å². The van der Waals surface area contributed by atoms with Gasteiger partial charge in [0.25, 0.3) is 0 Å². The van der Waals surface area contributed by atoms with Crippen LogP contribution in [0.1, 0.15) is 13.3 Å². The second kappa shape index (κ2) is 3.78. The van der Waals surface area contributed by atoms with Crippen LogP contribution in [0.15, 0.2) is 0 Å². The van der Waals surface area contributed by atoms with E-state index in [4.69, 9.17) is 0 Å². The van der Waals surface area contributed by atoms with Gasteiger partial charge < -0.3 is 0 Å². The van der Waals surface area contributed by atoms with Crippen molar-refractivity contribution in [2.75, 3.05) is 0 Å². The van der Waals surface area contributed by atoms with Crippen LogP contribution in [-0.4, -0.2) is 16.9 Å². The van der Waals surface area contributed by atoms with Crippen LogP contribution in [0.4, 0.5) is 0 Å². The van der Waals surface area contributed by atoms with Gasteiger partial charge >= 0.3 is 0 Å². The molecule has 0 aliphatic heterocycles. The Labute approximate surface area is 56.4 Å². The van der Waals surface area contributed by atoms with E-state index < -0.39 is 4.83 Å². The molecule has 1 radical (unpaired) electrons. The summed E-state index contributed by atoms with van der Waals surface area (Å²) in [5.74, 6) is -0.125. The number of hydrogen-bond donors (Lipinski definition) is 0. The average Bonchev–Trinajstić information content (AvgIpc) is 1.84. The largest absolute Gasteiger partial charge is 0.298 e. The van der Waals surface area contributed by atoms with Gasteiger partial charge in [0, 0.05) is 6.42 Å². The Morgan fingerprint density at radius 1 is 1.88 bits per heavy atom. The molecule has 45 valence electrons. The van der Waals surface area contributed by atoms with E-state index in [-0.39, 0.29) is 5.78 Å². The summed E-state index contributed by atoms with van der Waals surface area (Å²) >= 11 is 2.83. The van der Waals surface area contributed by atoms with Crippen LogP contribution < -0.4 is 0 Å². The molecule has 0 saturated heterocycles. The van der Waals surface area contributed by atoms with Crippen molar-refractivity contribution < 1.29 is 9.59 Å². The Morgan fingerprint density at radius 2 is 2.38 bits per heavy atom. The zero-order chi connectivity index (χ0) is 6.57. The van der Waals surface area contributed by atoms with E-state index >= 15 is 0 Å². The Morgan fingerprint density at radius 3 is 2.50 bits per heavy atom. The third-order valence-corrected chi connectivity index (χ3v) is 1.43. The van der Waals surface area contributed by atoms with Gasteiger partial charge in [-0.05, 0) is 0 Å². The van der Waals surface area contributed by atoms with Crippen LogP contribution in [0.3, 0.4) is 0 Å². The van der Waals surface area contributed by atoms with Crippen LogP contribution in [0.2, 0.25) is 0 Å². The van der Waals surface area contributed by atoms with Crippen LogP contribution in [0.25, 0.3) is 0 Å². The SMILES string of the molecule is CCC(=O)C(Br)[C]=O. The predicted octanol–water partition coefficient (Wildman–Crippen LogP) is 0.839. The minimum Gasteiger partial charge on any atom is -0.298 e. The quantitative estimate of drug-likeness (QED) is 0.474. The van der Waals surface area contributed by atoms with Crippen LogP contribution >= 0.6 is 15.9 Å². The fourth-order valence-corrected chi connectivity index (χ4v) is 0.569. The lowest BCUT2D eigenvalue weighted by atomic mass is 10.2. The summed E-state index contributed by atoms with van der Waals surface area (Å²) in [7, 11) is 0. The third-order valence-electron chi connectivity index (χ3n) is 0.735. The smallest absolute Gasteiger partial charge is 0.221 e. The third kappa shape index (κ3) is 2.21. The average molecular weight is 178 g/mol. The fourth-order valence-electron chi connectivity index (χ4n) is 0.245. The molecule has 0 aromatic carbocycles. The number of carbonyl (C=O) groups is 1. The van der Waals surface area contributed by atoms with E-state index in [1.807, 2.05) is 0 Å². The lowest BCUT2D eigenvalue weighted by Gasteiger charge is -1.91. The number of rotatable bonds is 3. The van der Waals surface area contributed by atoms with E-state index in [2.05, 4.69) is 15.9 Å². The van der Waals surface area contributed by atoms with Gasteiger partial charge in [-0.15, -0.1) is 0 Å². The van der Waals surface area contributed by atoms with Gasteiger partial charge in [-0.25, -0.2) is 0 Å². The Bertz CT molecular complexity index is 101. The topological polar surface area (TPSA) is 34.1 Å². The van der Waals surface area contributed by atoms with Crippen LogP contribution in [0.5, 0.6) is 0 Å². The standard InChI is InChI=1S/C5H6BrO2/c1-2-5(8)4(6)3-7/h4H,2H2,1H3. The lowest BCUT2D eigenvalue weighted by Crippen LogP contribution is -2.12. The molecule has 0 aliphatic carbocycles. The van der Waals surface area contributed by atoms with Crippen molar-refractivity contribution in [2.45, 2.75) is 18.2 Å². The molecule has 0 heterocycles. The molecule has 2 nitrogen and oxygen atoms in total. The first-order chi connectivity index (χ1) is 3.72. The van der Waals surface area contributed by atoms with Gasteiger partial charge in [0.1, 0.15) is 4.83 Å². The van der Waals surface area contributed by atoms with Gasteiger partial charge in [0.05, 0.1) is 0 Å². The summed E-state index contributed by atoms with van der Waals surface area (Å²) in [6.45, 7) is 1.70. The molecule has 0 saturated carbocycles. The maximum Gasteiger partial charge on any atom is 0.221 e. The van der Waals surface area contributed by atoms with Crippen molar-refractivity contribution in [3.63, 3.8) is 0 Å². The van der Waals surface area contributed by atoms with Crippen molar-refractivity contribution >= 4 is 28.0 Å². The van der Waals surface area contributed by atoms with Crippen molar-refractivity contribution in [2.24, 2.45) is 0 Å². The summed E-state index contributed by atoms with van der Waals surface area (Å²) in [6.07, 6.45) is 1.91. The summed E-state index contributed by atoms with van der Waals surface area (Å²) < 4.78 is 0. The summed E-state index contributed by atoms with van der Waals surface area (Å²) in [5, 5.41) is 0. The van der Waals surface area contributed by atoms with Gasteiger partial charge in [-0.1, -0.05) is 22.9 Å². The molecular formula is C5H6BrO2. The Kier molecular flexibility index (Phi) is 3.69. The first kappa shape index (κ1) is 7.82. The predicted molar refractivity (Wildman–Crippen MR) is 33.7 cm³/mol. The maximum absolute atomic E-state index is 10.4. The van der Waals surface area contributed by atoms with Crippen molar-refractivity contribution in [3.05, 3.63) is 0 Å². The van der Waals surface area contributed by atoms with Crippen molar-refractivity contribution in [1.82, 2.24) is 0 Å². The van der Waals surface area contributed by atoms with Crippen molar-refractivity contribution in [3.8, 4) is 0 Å². The first-order valence-electron chi connectivity index (χ1n) is 2.26. The monoisotopic (exact) mass is 177 g/mol. The van der Waals surface area contributed by atoms with E-state index in [9.17, 15) is 9.59 Å². The minimum atomic E-state index is -0.715. The van der Waals surface area contributed by atoms with Crippen molar-refractivity contribution in [1.29, 1.82) is 0 Å². The molecule has 0 aromatic heterocycles. The number of halogens is 1. The van der Waals surface area contributed by atoms with Gasteiger partial charge in [-0.3, -0.25) is 9.59 Å². The van der Waals surface area contributed by atoms with E-state index in [1.165, 1.54) is 6.29 Å². The molecule has 0 fully saturated rings. The number of alkyl halides is 1. The highest BCUT2D eigenvalue weighted by Gasteiger charge is 2.10. The molecular weight excluding hydrogens is 172 g/mol. The number of ketones is 1. The zero-order valence-corrected chi connectivity index (χ0v) is 6.06. The second-order valence-electron chi connectivity index (χ2n) is 1.30. The number of carbonyl (C=O) groups excluding carboxylic acids is 2. The maximum atomic E-state index is 10.4. The van der Waals surface area contributed by atoms with E-state index in [0.29, 0.717) is 6.42 Å². The molecule has 0 N–H and O–H groups in total. The number of Topliss-reactive ketones (excluding diaryl/α,β-unsaturated/α-hetero) is 1. The zero-order valence-electron chi connectivity index (χ0n) is 4.48. The highest BCUT2D eigenvalue weighted by Crippen LogP contribution is 1.98. The van der Waals surface area contributed by atoms with Crippen LogP contribution in [-0.2, 0) is 9.59 Å². The Balaban J connectivity index is 3.62. The first-order valence-corrected chi connectivity index (χ1v) is 3.18. The molecule has 0 aromatic rings. The molecule has 1 atom stereocenters. The summed E-state index contributed by atoms with van der Waals surface area (Å²) in [4.78, 5) is 19.4. The molecule has 0 spiro atoms. The minimum absolute atomic E-state index is 0.125. The molecule has 3 heteroatoms. The highest BCUT2D eigenvalue weighted by molar-refractivity contribution is 9.10. The van der Waals surface area contributed by atoms with Gasteiger partial charge in [0.15, 0.2) is 5.78 Å². The normalized spacial score (nSPS) is 12.8. The highest BCUT2D eigenvalue weighted by atomic mass is 79.9. The van der Waals surface area contributed by atoms with Gasteiger partial charge in [-0.2, -0.15) is 0 Å². The second-order valence-corrected chi connectivity index (χ2v) is 2.22.